The second-order valence-electron chi connectivity index (χ2n) is 9.57. The monoisotopic (exact) mass is 511 g/mol. The van der Waals surface area contributed by atoms with Gasteiger partial charge in [-0.15, -0.1) is 0 Å². The Morgan fingerprint density at radius 1 is 0.974 bits per heavy atom. The van der Waals surface area contributed by atoms with Crippen molar-refractivity contribution in [3.63, 3.8) is 0 Å². The lowest BCUT2D eigenvalue weighted by Crippen LogP contribution is -2.40. The molecule has 38 heavy (non-hydrogen) atoms. The molecular weight excluding hydrogens is 486 g/mol. The summed E-state index contributed by atoms with van der Waals surface area (Å²) >= 11 is 0. The Hall–Kier alpha value is -4.50. The van der Waals surface area contributed by atoms with Gasteiger partial charge in [0, 0.05) is 29.1 Å². The maximum absolute atomic E-state index is 13.7. The summed E-state index contributed by atoms with van der Waals surface area (Å²) in [5, 5.41) is 9.05. The number of hydrogen-bond donors (Lipinski definition) is 1. The number of benzene rings is 2. The van der Waals surface area contributed by atoms with E-state index in [4.69, 9.17) is 9.84 Å². The van der Waals surface area contributed by atoms with Crippen molar-refractivity contribution in [2.24, 2.45) is 0 Å². The smallest absolute Gasteiger partial charge is 0.352 e. The van der Waals surface area contributed by atoms with Gasteiger partial charge in [-0.1, -0.05) is 36.4 Å². The predicted molar refractivity (Wildman–Crippen MR) is 139 cm³/mol. The number of aromatic nitrogens is 3. The molecule has 0 saturated carbocycles. The molecule has 9 heteroatoms. The number of nitrogens with zero attached hydrogens (tertiary/aromatic N) is 3. The van der Waals surface area contributed by atoms with Crippen molar-refractivity contribution >= 4 is 11.6 Å². The number of hydrogen-bond acceptors (Lipinski definition) is 6. The molecule has 9 nitrogen and oxygen atoms in total. The molecule has 0 fully saturated rings. The predicted octanol–water partition coefficient (Wildman–Crippen LogP) is 2.24. The lowest BCUT2D eigenvalue weighted by atomic mass is 9.68. The van der Waals surface area contributed by atoms with Gasteiger partial charge >= 0.3 is 11.4 Å². The van der Waals surface area contributed by atoms with Crippen molar-refractivity contribution in [1.29, 1.82) is 0 Å². The van der Waals surface area contributed by atoms with E-state index in [1.165, 1.54) is 15.4 Å². The standard InChI is InChI=1S/C29H25N3O6/c1-17-15-24(34)22-16-23-21(25(26(22)27(17)35)18-7-9-20(10-8-18)38-14-13-33)11-12-30-28(36)31(29(37)32(23)30)19-5-3-2-4-6-19/h2-11,15,23,25,33H,12-14,16H2,1H3/t23-,25+/m1/s1. The van der Waals surface area contributed by atoms with E-state index < -0.39 is 23.3 Å². The number of rotatable bonds is 5. The molecule has 2 atom stereocenters. The first-order valence-electron chi connectivity index (χ1n) is 12.4. The molecule has 0 bridgehead atoms. The maximum atomic E-state index is 13.7. The molecule has 0 spiro atoms. The number of ether oxygens (including phenoxy) is 1. The van der Waals surface area contributed by atoms with Crippen LogP contribution in [0.4, 0.5) is 0 Å². The summed E-state index contributed by atoms with van der Waals surface area (Å²) in [7, 11) is 0. The Bertz CT molecular complexity index is 1680. The molecule has 1 aromatic heterocycles. The first kappa shape index (κ1) is 23.9. The summed E-state index contributed by atoms with van der Waals surface area (Å²) in [6.07, 6.45) is 3.39. The third-order valence-corrected chi connectivity index (χ3v) is 7.42. The number of carbonyl (C=O) groups excluding carboxylic acids is 2. The molecular formula is C29H25N3O6. The highest BCUT2D eigenvalue weighted by Crippen LogP contribution is 2.49. The minimum absolute atomic E-state index is 0.115. The van der Waals surface area contributed by atoms with Crippen molar-refractivity contribution in [2.45, 2.75) is 31.8 Å². The number of Topliss-reactive ketones (excluding diaryl/α,β-unsaturated/α-hetero) is 1. The van der Waals surface area contributed by atoms with E-state index in [0.717, 1.165) is 15.7 Å². The second kappa shape index (κ2) is 9.11. The molecule has 2 heterocycles. The van der Waals surface area contributed by atoms with Gasteiger partial charge in [-0.25, -0.2) is 23.5 Å². The van der Waals surface area contributed by atoms with Crippen LogP contribution in [0.2, 0.25) is 0 Å². The van der Waals surface area contributed by atoms with Crippen LogP contribution < -0.4 is 16.1 Å². The zero-order valence-corrected chi connectivity index (χ0v) is 20.7. The Balaban J connectivity index is 1.52. The van der Waals surface area contributed by atoms with Gasteiger partial charge in [0.2, 0.25) is 0 Å². The first-order chi connectivity index (χ1) is 18.4. The Kier molecular flexibility index (Phi) is 5.72. The van der Waals surface area contributed by atoms with E-state index >= 15 is 0 Å². The van der Waals surface area contributed by atoms with Crippen LogP contribution in [-0.4, -0.2) is 43.8 Å². The Morgan fingerprint density at radius 3 is 2.42 bits per heavy atom. The lowest BCUT2D eigenvalue weighted by Gasteiger charge is -2.39. The molecule has 3 aliphatic rings. The summed E-state index contributed by atoms with van der Waals surface area (Å²) in [6.45, 7) is 1.83. The van der Waals surface area contributed by atoms with Crippen LogP contribution in [0.25, 0.3) is 5.69 Å². The zero-order chi connectivity index (χ0) is 26.6. The third kappa shape index (κ3) is 3.58. The van der Waals surface area contributed by atoms with E-state index in [1.807, 2.05) is 24.3 Å². The van der Waals surface area contributed by atoms with Crippen molar-refractivity contribution in [3.05, 3.63) is 116 Å². The Labute approximate surface area is 217 Å². The molecule has 2 aliphatic carbocycles. The molecule has 0 amide bonds. The molecule has 192 valence electrons. The van der Waals surface area contributed by atoms with Gasteiger partial charge in [-0.2, -0.15) is 0 Å². The second-order valence-corrected chi connectivity index (χ2v) is 9.57. The topological polar surface area (TPSA) is 113 Å². The summed E-state index contributed by atoms with van der Waals surface area (Å²) in [6, 6.07) is 15.3. The van der Waals surface area contributed by atoms with Crippen LogP contribution in [-0.2, 0) is 16.1 Å². The number of aliphatic hydroxyl groups excluding tert-OH is 1. The fourth-order valence-electron chi connectivity index (χ4n) is 5.73. The van der Waals surface area contributed by atoms with Crippen LogP contribution in [0.5, 0.6) is 5.75 Å². The van der Waals surface area contributed by atoms with Crippen molar-refractivity contribution in [2.75, 3.05) is 13.2 Å². The largest absolute Gasteiger partial charge is 0.491 e. The summed E-state index contributed by atoms with van der Waals surface area (Å²) in [5.41, 5.74) is 2.26. The van der Waals surface area contributed by atoms with Gasteiger partial charge in [0.05, 0.1) is 24.9 Å². The van der Waals surface area contributed by atoms with E-state index in [2.05, 4.69) is 0 Å². The Morgan fingerprint density at radius 2 is 1.71 bits per heavy atom. The quantitative estimate of drug-likeness (QED) is 0.415. The summed E-state index contributed by atoms with van der Waals surface area (Å²) in [4.78, 5) is 53.7. The van der Waals surface area contributed by atoms with Crippen molar-refractivity contribution in [1.82, 2.24) is 13.9 Å². The number of carbonyl (C=O) groups is 2. The molecule has 0 saturated heterocycles. The van der Waals surface area contributed by atoms with Gasteiger partial charge < -0.3 is 9.84 Å². The van der Waals surface area contributed by atoms with E-state index in [9.17, 15) is 19.2 Å². The molecule has 1 aliphatic heterocycles. The minimum Gasteiger partial charge on any atom is -0.491 e. The van der Waals surface area contributed by atoms with Crippen LogP contribution in [0, 0.1) is 0 Å². The minimum atomic E-state index is -0.605. The summed E-state index contributed by atoms with van der Waals surface area (Å²) < 4.78 is 9.46. The van der Waals surface area contributed by atoms with Crippen LogP contribution in [0.15, 0.2) is 98.6 Å². The van der Waals surface area contributed by atoms with Crippen molar-refractivity contribution in [3.8, 4) is 11.4 Å². The average Bonchev–Trinajstić information content (AvgIpc) is 3.20. The normalized spacial score (nSPS) is 20.4. The highest BCUT2D eigenvalue weighted by Gasteiger charge is 2.44. The number of allylic oxidation sites excluding steroid dienone is 6. The van der Waals surface area contributed by atoms with Crippen molar-refractivity contribution < 1.29 is 19.4 Å². The van der Waals surface area contributed by atoms with E-state index in [0.29, 0.717) is 28.2 Å². The zero-order valence-electron chi connectivity index (χ0n) is 20.7. The number of para-hydroxylation sites is 1. The number of fused-ring (bicyclic) bond motifs is 3. The van der Waals surface area contributed by atoms with Crippen LogP contribution in [0.3, 0.4) is 0 Å². The first-order valence-corrected chi connectivity index (χ1v) is 12.4. The highest BCUT2D eigenvalue weighted by atomic mass is 16.5. The van der Waals surface area contributed by atoms with Gasteiger partial charge in [-0.3, -0.25) is 9.59 Å². The molecule has 2 aromatic carbocycles. The van der Waals surface area contributed by atoms with Crippen LogP contribution >= 0.6 is 0 Å². The molecule has 3 aromatic rings. The summed E-state index contributed by atoms with van der Waals surface area (Å²) in [5.74, 6) is -0.443. The van der Waals surface area contributed by atoms with Crippen LogP contribution in [0.1, 0.15) is 30.9 Å². The number of aliphatic hydroxyl groups is 1. The highest BCUT2D eigenvalue weighted by molar-refractivity contribution is 6.23. The number of ketones is 2. The fourth-order valence-corrected chi connectivity index (χ4v) is 5.73. The van der Waals surface area contributed by atoms with Gasteiger partial charge in [-0.05, 0) is 48.4 Å². The molecule has 6 rings (SSSR count). The third-order valence-electron chi connectivity index (χ3n) is 7.42. The molecule has 1 N–H and O–H groups in total. The average molecular weight is 512 g/mol. The lowest BCUT2D eigenvalue weighted by molar-refractivity contribution is -0.116. The molecule has 0 radical (unpaired) electrons. The maximum Gasteiger partial charge on any atom is 0.352 e. The fraction of sp³-hybridized carbons (Fsp3) is 0.241. The van der Waals surface area contributed by atoms with Gasteiger partial charge in [0.25, 0.3) is 0 Å². The van der Waals surface area contributed by atoms with Gasteiger partial charge in [0.15, 0.2) is 11.6 Å². The van der Waals surface area contributed by atoms with E-state index in [1.54, 1.807) is 43.3 Å². The SMILES string of the molecule is CC1=CC(=O)C2=C(C1=O)[C@@H](c1ccc(OCCO)cc1)C1=CCn3c(=O)n(-c4ccccc4)c(=O)n3[C@@H]1C2. The molecule has 0 unspecified atom stereocenters. The van der Waals surface area contributed by atoms with Gasteiger partial charge in [0.1, 0.15) is 12.4 Å². The van der Waals surface area contributed by atoms with E-state index in [-0.39, 0.29) is 37.7 Å².